The summed E-state index contributed by atoms with van der Waals surface area (Å²) in [6, 6.07) is 13.2. The Morgan fingerprint density at radius 2 is 2.00 bits per heavy atom. The van der Waals surface area contributed by atoms with E-state index in [1.165, 1.54) is 19.1 Å². The van der Waals surface area contributed by atoms with Gasteiger partial charge in [0, 0.05) is 31.4 Å². The second-order valence-corrected chi connectivity index (χ2v) is 5.69. The lowest BCUT2D eigenvalue weighted by Crippen LogP contribution is -2.35. The van der Waals surface area contributed by atoms with Crippen LogP contribution in [0.1, 0.15) is 13.8 Å². The van der Waals surface area contributed by atoms with Gasteiger partial charge in [-0.05, 0) is 49.4 Å². The van der Waals surface area contributed by atoms with Crippen molar-refractivity contribution in [2.75, 3.05) is 29.9 Å². The second-order valence-electron chi connectivity index (χ2n) is 5.69. The minimum Gasteiger partial charge on any atom is -0.491 e. The molecule has 0 heterocycles. The topological polar surface area (TPSA) is 61.8 Å². The van der Waals surface area contributed by atoms with Crippen LogP contribution in [0.15, 0.2) is 48.5 Å². The number of benzene rings is 2. The highest BCUT2D eigenvalue weighted by Crippen LogP contribution is 2.18. The van der Waals surface area contributed by atoms with E-state index in [-0.39, 0.29) is 18.3 Å². The molecule has 0 radical (unpaired) electrons. The fraction of sp³-hybridized carbons (Fsp3) is 0.316. The molecule has 0 aliphatic rings. The number of ether oxygens (including phenoxy) is 1. The zero-order valence-electron chi connectivity index (χ0n) is 14.4. The van der Waals surface area contributed by atoms with E-state index >= 15 is 0 Å². The summed E-state index contributed by atoms with van der Waals surface area (Å²) in [6.45, 7) is 4.49. The molecule has 5 nitrogen and oxygen atoms in total. The standard InChI is InChI=1S/C19H23FN2O3/c1-3-22(17-6-4-5-15(20)11-17)12-18(24)13-25-19-9-7-16(8-10-19)21-14(2)23/h4-11,18,24H,3,12-13H2,1-2H3,(H,21,23). The van der Waals surface area contributed by atoms with Gasteiger partial charge in [0.05, 0.1) is 0 Å². The first-order valence-electron chi connectivity index (χ1n) is 8.17. The van der Waals surface area contributed by atoms with E-state index in [2.05, 4.69) is 5.32 Å². The Morgan fingerprint density at radius 3 is 2.60 bits per heavy atom. The predicted molar refractivity (Wildman–Crippen MR) is 96.5 cm³/mol. The van der Waals surface area contributed by atoms with Crippen molar-refractivity contribution in [2.45, 2.75) is 20.0 Å². The average molecular weight is 346 g/mol. The van der Waals surface area contributed by atoms with Gasteiger partial charge in [0.1, 0.15) is 24.3 Å². The van der Waals surface area contributed by atoms with Crippen LogP contribution in [0.5, 0.6) is 5.75 Å². The first-order valence-corrected chi connectivity index (χ1v) is 8.17. The van der Waals surface area contributed by atoms with Crippen LogP contribution < -0.4 is 15.0 Å². The normalized spacial score (nSPS) is 11.7. The largest absolute Gasteiger partial charge is 0.491 e. The first-order chi connectivity index (χ1) is 12.0. The summed E-state index contributed by atoms with van der Waals surface area (Å²) < 4.78 is 18.9. The zero-order valence-corrected chi connectivity index (χ0v) is 14.4. The molecule has 0 aromatic heterocycles. The van der Waals surface area contributed by atoms with Gasteiger partial charge < -0.3 is 20.1 Å². The van der Waals surface area contributed by atoms with E-state index in [9.17, 15) is 14.3 Å². The van der Waals surface area contributed by atoms with Gasteiger partial charge in [-0.3, -0.25) is 4.79 Å². The van der Waals surface area contributed by atoms with Gasteiger partial charge in [-0.2, -0.15) is 0 Å². The van der Waals surface area contributed by atoms with E-state index in [4.69, 9.17) is 4.74 Å². The first kappa shape index (κ1) is 18.7. The van der Waals surface area contributed by atoms with Crippen molar-refractivity contribution < 1.29 is 19.0 Å². The van der Waals surface area contributed by atoms with Gasteiger partial charge in [0.15, 0.2) is 0 Å². The minimum absolute atomic E-state index is 0.116. The van der Waals surface area contributed by atoms with E-state index in [0.29, 0.717) is 24.5 Å². The zero-order chi connectivity index (χ0) is 18.2. The van der Waals surface area contributed by atoms with Crippen LogP contribution in [-0.2, 0) is 4.79 Å². The fourth-order valence-corrected chi connectivity index (χ4v) is 2.43. The molecule has 6 heteroatoms. The predicted octanol–water partition coefficient (Wildman–Crippen LogP) is 3.05. The summed E-state index contributed by atoms with van der Waals surface area (Å²) in [4.78, 5) is 12.9. The van der Waals surface area contributed by atoms with Crippen LogP contribution in [0, 0.1) is 5.82 Å². The van der Waals surface area contributed by atoms with Crippen molar-refractivity contribution in [1.29, 1.82) is 0 Å². The number of hydrogen-bond donors (Lipinski definition) is 2. The van der Waals surface area contributed by atoms with Crippen LogP contribution in [0.25, 0.3) is 0 Å². The highest BCUT2D eigenvalue weighted by molar-refractivity contribution is 5.88. The van der Waals surface area contributed by atoms with E-state index < -0.39 is 6.10 Å². The molecule has 2 N–H and O–H groups in total. The molecule has 0 aliphatic heterocycles. The van der Waals surface area contributed by atoms with Crippen molar-refractivity contribution in [1.82, 2.24) is 0 Å². The molecule has 0 fully saturated rings. The number of hydrogen-bond acceptors (Lipinski definition) is 4. The second kappa shape index (κ2) is 9.03. The molecule has 0 saturated carbocycles. The lowest BCUT2D eigenvalue weighted by atomic mass is 10.2. The van der Waals surface area contributed by atoms with Crippen LogP contribution in [0.3, 0.4) is 0 Å². The Kier molecular flexibility index (Phi) is 6.77. The average Bonchev–Trinajstić information content (AvgIpc) is 2.58. The summed E-state index contributed by atoms with van der Waals surface area (Å²) >= 11 is 0. The van der Waals surface area contributed by atoms with Gasteiger partial charge in [-0.25, -0.2) is 4.39 Å². The van der Waals surface area contributed by atoms with Crippen molar-refractivity contribution in [3.8, 4) is 5.75 Å². The summed E-state index contributed by atoms with van der Waals surface area (Å²) in [6.07, 6.45) is -0.724. The molecule has 0 spiro atoms. The molecule has 1 unspecified atom stereocenters. The van der Waals surface area contributed by atoms with Gasteiger partial charge in [-0.1, -0.05) is 6.07 Å². The van der Waals surface area contributed by atoms with E-state index in [1.54, 1.807) is 36.4 Å². The fourth-order valence-electron chi connectivity index (χ4n) is 2.43. The highest BCUT2D eigenvalue weighted by Gasteiger charge is 2.12. The Labute approximate surface area is 147 Å². The highest BCUT2D eigenvalue weighted by atomic mass is 19.1. The number of nitrogens with zero attached hydrogens (tertiary/aromatic N) is 1. The van der Waals surface area contributed by atoms with Crippen molar-refractivity contribution in [3.63, 3.8) is 0 Å². The summed E-state index contributed by atoms with van der Waals surface area (Å²) in [5.74, 6) is 0.156. The summed E-state index contributed by atoms with van der Waals surface area (Å²) in [5.41, 5.74) is 1.41. The summed E-state index contributed by atoms with van der Waals surface area (Å²) in [7, 11) is 0. The number of nitrogens with one attached hydrogen (secondary N) is 1. The Balaban J connectivity index is 1.86. The molecule has 2 aromatic carbocycles. The van der Waals surface area contributed by atoms with Gasteiger partial charge in [0.25, 0.3) is 0 Å². The van der Waals surface area contributed by atoms with E-state index in [0.717, 1.165) is 5.69 Å². The molecule has 134 valence electrons. The summed E-state index contributed by atoms with van der Waals surface area (Å²) in [5, 5.41) is 12.9. The van der Waals surface area contributed by atoms with Crippen LogP contribution >= 0.6 is 0 Å². The van der Waals surface area contributed by atoms with Crippen LogP contribution in [0.2, 0.25) is 0 Å². The Hall–Kier alpha value is -2.60. The van der Waals surface area contributed by atoms with Crippen molar-refractivity contribution >= 4 is 17.3 Å². The number of amides is 1. The molecule has 0 aliphatic carbocycles. The third-order valence-electron chi connectivity index (χ3n) is 3.60. The molecule has 1 atom stereocenters. The minimum atomic E-state index is -0.724. The molecule has 2 rings (SSSR count). The number of likely N-dealkylation sites (N-methyl/N-ethyl adjacent to an activating group) is 1. The third kappa shape index (κ3) is 6.08. The number of rotatable bonds is 8. The number of aliphatic hydroxyl groups excluding tert-OH is 1. The maximum atomic E-state index is 13.3. The molecular formula is C19H23FN2O3. The van der Waals surface area contributed by atoms with Crippen LogP contribution in [-0.4, -0.2) is 36.8 Å². The van der Waals surface area contributed by atoms with Crippen molar-refractivity contribution in [2.24, 2.45) is 0 Å². The number of carbonyl (C=O) groups excluding carboxylic acids is 1. The lowest BCUT2D eigenvalue weighted by molar-refractivity contribution is -0.114. The molecule has 2 aromatic rings. The lowest BCUT2D eigenvalue weighted by Gasteiger charge is -2.26. The van der Waals surface area contributed by atoms with Crippen molar-refractivity contribution in [3.05, 3.63) is 54.3 Å². The molecule has 0 saturated heterocycles. The Morgan fingerprint density at radius 1 is 1.28 bits per heavy atom. The monoisotopic (exact) mass is 346 g/mol. The number of anilines is 2. The molecule has 1 amide bonds. The van der Waals surface area contributed by atoms with Gasteiger partial charge in [-0.15, -0.1) is 0 Å². The molecular weight excluding hydrogens is 323 g/mol. The van der Waals surface area contributed by atoms with Crippen LogP contribution in [0.4, 0.5) is 15.8 Å². The van der Waals surface area contributed by atoms with E-state index in [1.807, 2.05) is 11.8 Å². The molecule has 0 bridgehead atoms. The van der Waals surface area contributed by atoms with Gasteiger partial charge >= 0.3 is 0 Å². The Bertz CT molecular complexity index is 691. The maximum Gasteiger partial charge on any atom is 0.221 e. The number of carbonyl (C=O) groups is 1. The molecule has 25 heavy (non-hydrogen) atoms. The number of aliphatic hydroxyl groups is 1. The van der Waals surface area contributed by atoms with Gasteiger partial charge in [0.2, 0.25) is 5.91 Å². The number of halogens is 1. The SMILES string of the molecule is CCN(CC(O)COc1ccc(NC(C)=O)cc1)c1cccc(F)c1. The quantitative estimate of drug-likeness (QED) is 0.771. The maximum absolute atomic E-state index is 13.3. The smallest absolute Gasteiger partial charge is 0.221 e. The third-order valence-corrected chi connectivity index (χ3v) is 3.60.